The minimum absolute atomic E-state index is 0.123. The highest BCUT2D eigenvalue weighted by atomic mass is 28.4. The minimum Gasteiger partial charge on any atom is -0.413 e. The Bertz CT molecular complexity index is 584. The van der Waals surface area contributed by atoms with Crippen molar-refractivity contribution in [1.82, 2.24) is 0 Å². The van der Waals surface area contributed by atoms with Gasteiger partial charge in [0.2, 0.25) is 0 Å². The van der Waals surface area contributed by atoms with Crippen molar-refractivity contribution in [2.24, 2.45) is 11.3 Å². The molecule has 3 aliphatic carbocycles. The maximum atomic E-state index is 12.5. The Kier molecular flexibility index (Phi) is 4.45. The van der Waals surface area contributed by atoms with Gasteiger partial charge in [-0.25, -0.2) is 0 Å². The molecule has 0 saturated heterocycles. The van der Waals surface area contributed by atoms with E-state index in [0.29, 0.717) is 31.0 Å². The fourth-order valence-corrected chi connectivity index (χ4v) is 6.00. The summed E-state index contributed by atoms with van der Waals surface area (Å²) in [6.45, 7) is 11.4. The van der Waals surface area contributed by atoms with Gasteiger partial charge in [-0.15, -0.1) is 0 Å². The van der Waals surface area contributed by atoms with E-state index in [2.05, 4.69) is 33.9 Å². The highest BCUT2D eigenvalue weighted by molar-refractivity contribution is 6.74. The van der Waals surface area contributed by atoms with Crippen LogP contribution in [0.1, 0.15) is 65.7 Å². The molecule has 3 atom stereocenters. The lowest BCUT2D eigenvalue weighted by Gasteiger charge is -2.53. The Morgan fingerprint density at radius 2 is 1.79 bits per heavy atom. The normalized spacial score (nSPS) is 34.5. The van der Waals surface area contributed by atoms with E-state index < -0.39 is 8.32 Å². The Labute approximate surface area is 147 Å². The first-order chi connectivity index (χ1) is 11.1. The maximum absolute atomic E-state index is 12.5. The number of allylic oxidation sites excluding steroid dienone is 1. The summed E-state index contributed by atoms with van der Waals surface area (Å²) in [5.74, 6) is 1.07. The molecule has 0 heterocycles. The molecular formula is C20H32O3Si. The fourth-order valence-electron chi connectivity index (χ4n) is 4.59. The highest BCUT2D eigenvalue weighted by Crippen LogP contribution is 2.57. The molecule has 0 radical (unpaired) electrons. The predicted molar refractivity (Wildman–Crippen MR) is 98.4 cm³/mol. The van der Waals surface area contributed by atoms with Crippen molar-refractivity contribution in [1.29, 1.82) is 0 Å². The van der Waals surface area contributed by atoms with Gasteiger partial charge in [0, 0.05) is 24.7 Å². The average Bonchev–Trinajstić information content (AvgIpc) is 2.53. The molecule has 0 aromatic heterocycles. The molecule has 134 valence electrons. The van der Waals surface area contributed by atoms with Crippen molar-refractivity contribution in [2.75, 3.05) is 0 Å². The number of hydrogen-bond donors (Lipinski definition) is 0. The summed E-state index contributed by atoms with van der Waals surface area (Å²) in [5.41, 5.74) is 1.02. The molecule has 0 aliphatic heterocycles. The largest absolute Gasteiger partial charge is 0.413 e. The molecule has 2 bridgehead atoms. The number of Topliss-reactive ketones (excluding diaryl/α,β-unsaturated/α-hetero) is 1. The SMILES string of the molecule is CC(C)(C)[Si](C)(C)O[C@@H]1[C@H]2CCC(=O)C[C@@]13CCC(=O)C=C3CC2. The van der Waals surface area contributed by atoms with Crippen LogP contribution < -0.4 is 0 Å². The van der Waals surface area contributed by atoms with Crippen molar-refractivity contribution in [3.63, 3.8) is 0 Å². The standard InChI is InChI=1S/C20H32O3Si/c1-19(2,3)24(4,5)23-18-14-6-8-15-12-16(21)10-11-20(15,18)13-17(22)9-7-14/h12,14,18H,6-11,13H2,1-5H3/t14-,18-,20-/m1/s1. The summed E-state index contributed by atoms with van der Waals surface area (Å²) < 4.78 is 6.97. The van der Waals surface area contributed by atoms with E-state index in [1.54, 1.807) is 0 Å². The zero-order chi connectivity index (χ0) is 17.8. The van der Waals surface area contributed by atoms with E-state index in [-0.39, 0.29) is 22.3 Å². The summed E-state index contributed by atoms with van der Waals surface area (Å²) in [4.78, 5) is 24.5. The molecular weight excluding hydrogens is 316 g/mol. The Hall–Kier alpha value is -0.743. The monoisotopic (exact) mass is 348 g/mol. The number of carbonyl (C=O) groups excluding carboxylic acids is 2. The lowest BCUT2D eigenvalue weighted by Crippen LogP contribution is -2.55. The van der Waals surface area contributed by atoms with Crippen molar-refractivity contribution in [2.45, 2.75) is 90.0 Å². The second kappa shape index (κ2) is 5.91. The molecule has 0 amide bonds. The number of rotatable bonds is 2. The Morgan fingerprint density at radius 3 is 2.46 bits per heavy atom. The van der Waals surface area contributed by atoms with Gasteiger partial charge in [0.1, 0.15) is 5.78 Å². The van der Waals surface area contributed by atoms with Crippen molar-refractivity contribution in [3.8, 4) is 0 Å². The third-order valence-corrected chi connectivity index (χ3v) is 11.5. The van der Waals surface area contributed by atoms with E-state index in [1.807, 2.05) is 6.08 Å². The van der Waals surface area contributed by atoms with Crippen LogP contribution in [0.15, 0.2) is 11.6 Å². The molecule has 2 fully saturated rings. The molecule has 2 saturated carbocycles. The van der Waals surface area contributed by atoms with E-state index in [0.717, 1.165) is 25.7 Å². The van der Waals surface area contributed by atoms with Crippen LogP contribution in [0.4, 0.5) is 0 Å². The van der Waals surface area contributed by atoms with Gasteiger partial charge in [0.05, 0.1) is 6.10 Å². The number of ketones is 2. The van der Waals surface area contributed by atoms with E-state index in [4.69, 9.17) is 4.43 Å². The topological polar surface area (TPSA) is 43.4 Å². The first-order valence-electron chi connectivity index (χ1n) is 9.49. The summed E-state index contributed by atoms with van der Waals surface area (Å²) in [7, 11) is -1.92. The van der Waals surface area contributed by atoms with Crippen molar-refractivity contribution >= 4 is 19.9 Å². The van der Waals surface area contributed by atoms with Crippen molar-refractivity contribution < 1.29 is 14.0 Å². The van der Waals surface area contributed by atoms with Crippen LogP contribution in [-0.2, 0) is 14.0 Å². The maximum Gasteiger partial charge on any atom is 0.192 e. The molecule has 1 spiro atoms. The first-order valence-corrected chi connectivity index (χ1v) is 12.4. The minimum atomic E-state index is -1.92. The second-order valence-corrected chi connectivity index (χ2v) is 14.4. The van der Waals surface area contributed by atoms with Gasteiger partial charge in [-0.2, -0.15) is 0 Å². The molecule has 0 unspecified atom stereocenters. The molecule has 0 aromatic carbocycles. The number of carbonyl (C=O) groups is 2. The molecule has 3 rings (SSSR count). The summed E-state index contributed by atoms with van der Waals surface area (Å²) in [6, 6.07) is 0. The lowest BCUT2D eigenvalue weighted by atomic mass is 9.59. The van der Waals surface area contributed by atoms with Gasteiger partial charge in [-0.1, -0.05) is 26.3 Å². The van der Waals surface area contributed by atoms with Crippen LogP contribution in [-0.4, -0.2) is 26.0 Å². The second-order valence-electron chi connectivity index (χ2n) is 9.64. The number of fused-ring (bicyclic) bond motifs is 1. The van der Waals surface area contributed by atoms with Gasteiger partial charge in [0.25, 0.3) is 0 Å². The number of hydrogen-bond acceptors (Lipinski definition) is 3. The van der Waals surface area contributed by atoms with Crippen LogP contribution in [0.3, 0.4) is 0 Å². The third-order valence-electron chi connectivity index (χ3n) is 7.08. The highest BCUT2D eigenvalue weighted by Gasteiger charge is 2.55. The molecule has 24 heavy (non-hydrogen) atoms. The van der Waals surface area contributed by atoms with Gasteiger partial charge < -0.3 is 4.43 Å². The van der Waals surface area contributed by atoms with Gasteiger partial charge in [-0.3, -0.25) is 9.59 Å². The van der Waals surface area contributed by atoms with Gasteiger partial charge >= 0.3 is 0 Å². The molecule has 0 N–H and O–H groups in total. The molecule has 0 aromatic rings. The average molecular weight is 349 g/mol. The van der Waals surface area contributed by atoms with Crippen LogP contribution in [0.2, 0.25) is 18.1 Å². The summed E-state index contributed by atoms with van der Waals surface area (Å²) in [6.07, 6.45) is 7.63. The van der Waals surface area contributed by atoms with E-state index in [1.165, 1.54) is 5.57 Å². The van der Waals surface area contributed by atoms with Crippen molar-refractivity contribution in [3.05, 3.63) is 11.6 Å². The van der Waals surface area contributed by atoms with Gasteiger partial charge in [0.15, 0.2) is 14.1 Å². The zero-order valence-electron chi connectivity index (χ0n) is 15.9. The van der Waals surface area contributed by atoms with Crippen LogP contribution in [0.5, 0.6) is 0 Å². The summed E-state index contributed by atoms with van der Waals surface area (Å²) >= 11 is 0. The van der Waals surface area contributed by atoms with Crippen LogP contribution in [0, 0.1) is 11.3 Å². The fraction of sp³-hybridized carbons (Fsp3) is 0.800. The first kappa shape index (κ1) is 18.1. The van der Waals surface area contributed by atoms with Gasteiger partial charge in [-0.05, 0) is 55.8 Å². The molecule has 4 heteroatoms. The predicted octanol–water partition coefficient (Wildman–Crippen LogP) is 4.82. The molecule has 3 aliphatic rings. The Morgan fingerprint density at radius 1 is 1.12 bits per heavy atom. The van der Waals surface area contributed by atoms with E-state index >= 15 is 0 Å². The lowest BCUT2D eigenvalue weighted by molar-refractivity contribution is -0.124. The molecule has 3 nitrogen and oxygen atoms in total. The van der Waals surface area contributed by atoms with Crippen LogP contribution >= 0.6 is 0 Å². The summed E-state index contributed by atoms with van der Waals surface area (Å²) in [5, 5.41) is 0.155. The quantitative estimate of drug-likeness (QED) is 0.672. The third kappa shape index (κ3) is 2.96. The van der Waals surface area contributed by atoms with Crippen LogP contribution in [0.25, 0.3) is 0 Å². The zero-order valence-corrected chi connectivity index (χ0v) is 16.9. The smallest absolute Gasteiger partial charge is 0.192 e. The Balaban J connectivity index is 2.03. The van der Waals surface area contributed by atoms with E-state index in [9.17, 15) is 9.59 Å².